The summed E-state index contributed by atoms with van der Waals surface area (Å²) in [5, 5.41) is 5.74. The first-order chi connectivity index (χ1) is 9.97. The highest BCUT2D eigenvalue weighted by atomic mass is 16.5. The molecule has 2 aliphatic rings. The third-order valence-electron chi connectivity index (χ3n) is 4.07. The fourth-order valence-electron chi connectivity index (χ4n) is 2.68. The number of carbonyl (C=O) groups excluding carboxylic acids is 2. The Morgan fingerprint density at radius 3 is 2.71 bits per heavy atom. The number of morpholine rings is 1. The Hall–Kier alpha value is -1.18. The molecule has 7 nitrogen and oxygen atoms in total. The molecule has 120 valence electrons. The third-order valence-corrected chi connectivity index (χ3v) is 4.07. The first-order valence-electron chi connectivity index (χ1n) is 7.56. The van der Waals surface area contributed by atoms with Crippen LogP contribution in [0.2, 0.25) is 0 Å². The molecule has 0 aliphatic carbocycles. The van der Waals surface area contributed by atoms with Crippen LogP contribution < -0.4 is 10.6 Å². The van der Waals surface area contributed by atoms with E-state index in [0.717, 1.165) is 32.8 Å². The Kier molecular flexibility index (Phi) is 5.55. The number of hydrogen-bond donors (Lipinski definition) is 2. The predicted molar refractivity (Wildman–Crippen MR) is 78.9 cm³/mol. The molecule has 2 saturated heterocycles. The molecule has 2 fully saturated rings. The fourth-order valence-corrected chi connectivity index (χ4v) is 2.68. The van der Waals surface area contributed by atoms with Gasteiger partial charge in [-0.25, -0.2) is 0 Å². The molecule has 2 heterocycles. The number of rotatable bonds is 5. The summed E-state index contributed by atoms with van der Waals surface area (Å²) in [6.45, 7) is 10.1. The van der Waals surface area contributed by atoms with Gasteiger partial charge < -0.3 is 15.4 Å². The van der Waals surface area contributed by atoms with Crippen LogP contribution in [0.25, 0.3) is 0 Å². The molecule has 0 aromatic carbocycles. The van der Waals surface area contributed by atoms with Crippen LogP contribution in [0.5, 0.6) is 0 Å². The van der Waals surface area contributed by atoms with E-state index >= 15 is 0 Å². The van der Waals surface area contributed by atoms with Crippen molar-refractivity contribution in [2.45, 2.75) is 19.4 Å². The molecule has 0 radical (unpaired) electrons. The monoisotopic (exact) mass is 298 g/mol. The number of piperazine rings is 1. The molecule has 0 spiro atoms. The minimum Gasteiger partial charge on any atom is -0.379 e. The molecular weight excluding hydrogens is 272 g/mol. The van der Waals surface area contributed by atoms with Gasteiger partial charge in [0.2, 0.25) is 11.8 Å². The summed E-state index contributed by atoms with van der Waals surface area (Å²) in [5.74, 6) is -0.0336. The van der Waals surface area contributed by atoms with Crippen molar-refractivity contribution in [1.29, 1.82) is 0 Å². The molecular formula is C14H26N4O3. The van der Waals surface area contributed by atoms with Crippen molar-refractivity contribution in [1.82, 2.24) is 20.4 Å². The standard InChI is InChI=1S/C14H26N4O3/c1-14(2,18-5-7-21-8-6-18)11-16-13(20)10-17-4-3-15-12(19)9-17/h3-11H2,1-2H3,(H,15,19)(H,16,20). The van der Waals surface area contributed by atoms with Crippen molar-refractivity contribution >= 4 is 11.8 Å². The lowest BCUT2D eigenvalue weighted by Crippen LogP contribution is -2.56. The van der Waals surface area contributed by atoms with E-state index in [1.807, 2.05) is 4.90 Å². The second kappa shape index (κ2) is 7.20. The molecule has 0 aromatic heterocycles. The molecule has 0 atom stereocenters. The van der Waals surface area contributed by atoms with Gasteiger partial charge in [0.25, 0.3) is 0 Å². The van der Waals surface area contributed by atoms with E-state index in [1.165, 1.54) is 0 Å². The highest BCUT2D eigenvalue weighted by Gasteiger charge is 2.29. The Morgan fingerprint density at radius 2 is 2.05 bits per heavy atom. The molecule has 2 rings (SSSR count). The molecule has 2 N–H and O–H groups in total. The van der Waals surface area contributed by atoms with E-state index in [2.05, 4.69) is 29.4 Å². The summed E-state index contributed by atoms with van der Waals surface area (Å²) in [6.07, 6.45) is 0. The van der Waals surface area contributed by atoms with Crippen molar-refractivity contribution in [3.8, 4) is 0 Å². The first kappa shape index (κ1) is 16.2. The predicted octanol–water partition coefficient (Wildman–Crippen LogP) is -1.35. The molecule has 7 heteroatoms. The van der Waals surface area contributed by atoms with E-state index in [4.69, 9.17) is 4.74 Å². The van der Waals surface area contributed by atoms with Crippen LogP contribution in [0.3, 0.4) is 0 Å². The number of carbonyl (C=O) groups is 2. The van der Waals surface area contributed by atoms with Crippen molar-refractivity contribution in [2.24, 2.45) is 0 Å². The van der Waals surface area contributed by atoms with E-state index < -0.39 is 0 Å². The van der Waals surface area contributed by atoms with Gasteiger partial charge in [-0.1, -0.05) is 0 Å². The number of nitrogens with zero attached hydrogens (tertiary/aromatic N) is 2. The average molecular weight is 298 g/mol. The molecule has 2 aliphatic heterocycles. The summed E-state index contributed by atoms with van der Waals surface area (Å²) in [4.78, 5) is 27.5. The van der Waals surface area contributed by atoms with E-state index in [1.54, 1.807) is 0 Å². The second-order valence-electron chi connectivity index (χ2n) is 6.25. The first-order valence-corrected chi connectivity index (χ1v) is 7.56. The van der Waals surface area contributed by atoms with Gasteiger partial charge in [0.1, 0.15) is 0 Å². The van der Waals surface area contributed by atoms with Gasteiger partial charge in [0.05, 0.1) is 26.3 Å². The normalized spacial score (nSPS) is 21.9. The Bertz CT molecular complexity index is 380. The van der Waals surface area contributed by atoms with Crippen LogP contribution in [-0.2, 0) is 14.3 Å². The van der Waals surface area contributed by atoms with Crippen LogP contribution in [0, 0.1) is 0 Å². The van der Waals surface area contributed by atoms with Crippen molar-refractivity contribution < 1.29 is 14.3 Å². The summed E-state index contributed by atoms with van der Waals surface area (Å²) < 4.78 is 5.36. The lowest BCUT2D eigenvalue weighted by atomic mass is 10.0. The van der Waals surface area contributed by atoms with Gasteiger partial charge >= 0.3 is 0 Å². The van der Waals surface area contributed by atoms with Gasteiger partial charge in [0.15, 0.2) is 0 Å². The van der Waals surface area contributed by atoms with Gasteiger partial charge in [-0.2, -0.15) is 0 Å². The topological polar surface area (TPSA) is 73.9 Å². The number of ether oxygens (including phenoxy) is 1. The minimum atomic E-state index is -0.0846. The quantitative estimate of drug-likeness (QED) is 0.656. The summed E-state index contributed by atoms with van der Waals surface area (Å²) in [5.41, 5.74) is -0.0846. The molecule has 21 heavy (non-hydrogen) atoms. The van der Waals surface area contributed by atoms with Gasteiger partial charge in [-0.15, -0.1) is 0 Å². The zero-order valence-corrected chi connectivity index (χ0v) is 13.0. The lowest BCUT2D eigenvalue weighted by Gasteiger charge is -2.41. The summed E-state index contributed by atoms with van der Waals surface area (Å²) in [6, 6.07) is 0. The van der Waals surface area contributed by atoms with Crippen LogP contribution in [0.1, 0.15) is 13.8 Å². The lowest BCUT2D eigenvalue weighted by molar-refractivity contribution is -0.127. The summed E-state index contributed by atoms with van der Waals surface area (Å²) in [7, 11) is 0. The molecule has 0 unspecified atom stereocenters. The Morgan fingerprint density at radius 1 is 1.33 bits per heavy atom. The van der Waals surface area contributed by atoms with Crippen molar-refractivity contribution in [3.05, 3.63) is 0 Å². The average Bonchev–Trinajstić information content (AvgIpc) is 2.46. The Balaban J connectivity index is 1.73. The zero-order chi connectivity index (χ0) is 15.3. The molecule has 2 amide bonds. The van der Waals surface area contributed by atoms with E-state index in [9.17, 15) is 9.59 Å². The highest BCUT2D eigenvalue weighted by molar-refractivity contribution is 5.81. The largest absolute Gasteiger partial charge is 0.379 e. The van der Waals surface area contributed by atoms with E-state index in [-0.39, 0.29) is 23.9 Å². The SMILES string of the molecule is CC(C)(CNC(=O)CN1CCNC(=O)C1)N1CCOCC1. The molecule has 0 saturated carbocycles. The maximum atomic E-state index is 12.0. The van der Waals surface area contributed by atoms with Crippen LogP contribution in [0.15, 0.2) is 0 Å². The minimum absolute atomic E-state index is 0.0114. The molecule has 0 aromatic rings. The number of hydrogen-bond acceptors (Lipinski definition) is 5. The van der Waals surface area contributed by atoms with Gasteiger partial charge in [0, 0.05) is 38.3 Å². The van der Waals surface area contributed by atoms with Gasteiger partial charge in [-0.05, 0) is 13.8 Å². The zero-order valence-electron chi connectivity index (χ0n) is 13.0. The van der Waals surface area contributed by atoms with Gasteiger partial charge in [-0.3, -0.25) is 19.4 Å². The summed E-state index contributed by atoms with van der Waals surface area (Å²) >= 11 is 0. The second-order valence-corrected chi connectivity index (χ2v) is 6.25. The highest BCUT2D eigenvalue weighted by Crippen LogP contribution is 2.14. The van der Waals surface area contributed by atoms with Crippen molar-refractivity contribution in [2.75, 3.05) is 59.0 Å². The maximum Gasteiger partial charge on any atom is 0.234 e. The van der Waals surface area contributed by atoms with Crippen LogP contribution in [0.4, 0.5) is 0 Å². The molecule has 0 bridgehead atoms. The number of nitrogens with one attached hydrogen (secondary N) is 2. The smallest absolute Gasteiger partial charge is 0.234 e. The fraction of sp³-hybridized carbons (Fsp3) is 0.857. The van der Waals surface area contributed by atoms with E-state index in [0.29, 0.717) is 19.6 Å². The third kappa shape index (κ3) is 4.94. The maximum absolute atomic E-state index is 12.0. The van der Waals surface area contributed by atoms with Crippen LogP contribution >= 0.6 is 0 Å². The van der Waals surface area contributed by atoms with Crippen molar-refractivity contribution in [3.63, 3.8) is 0 Å². The Labute approximate surface area is 126 Å². The van der Waals surface area contributed by atoms with Crippen LogP contribution in [-0.4, -0.2) is 86.2 Å². The number of amides is 2.